The van der Waals surface area contributed by atoms with Crippen LogP contribution >= 0.6 is 0 Å². The predicted octanol–water partition coefficient (Wildman–Crippen LogP) is 2.94. The molecule has 0 aliphatic carbocycles. The molecule has 0 saturated carbocycles. The first-order valence-corrected chi connectivity index (χ1v) is 7.60. The molecule has 2 atom stereocenters. The Kier molecular flexibility index (Phi) is 4.40. The number of hydrogen-bond acceptors (Lipinski definition) is 3. The average Bonchev–Trinajstić information content (AvgIpc) is 2.36. The highest BCUT2D eigenvalue weighted by Crippen LogP contribution is 2.30. The van der Waals surface area contributed by atoms with Crippen molar-refractivity contribution in [3.63, 3.8) is 0 Å². The largest absolute Gasteiger partial charge is 0.388 e. The van der Waals surface area contributed by atoms with Crippen LogP contribution in [0.25, 0.3) is 0 Å². The van der Waals surface area contributed by atoms with Gasteiger partial charge in [-0.25, -0.2) is 0 Å². The summed E-state index contributed by atoms with van der Waals surface area (Å²) in [7, 11) is 0. The van der Waals surface area contributed by atoms with Crippen LogP contribution < -0.4 is 10.6 Å². The van der Waals surface area contributed by atoms with Crippen LogP contribution in [0.1, 0.15) is 46.1 Å². The van der Waals surface area contributed by atoms with Crippen molar-refractivity contribution in [3.05, 3.63) is 29.8 Å². The van der Waals surface area contributed by atoms with E-state index in [1.54, 1.807) is 0 Å². The maximum atomic E-state index is 10.8. The molecular formula is C17H28N2O. The van der Waals surface area contributed by atoms with Crippen molar-refractivity contribution in [3.8, 4) is 0 Å². The minimum atomic E-state index is -0.689. The van der Waals surface area contributed by atoms with Gasteiger partial charge >= 0.3 is 0 Å². The van der Waals surface area contributed by atoms with E-state index in [9.17, 15) is 5.11 Å². The molecule has 0 amide bonds. The van der Waals surface area contributed by atoms with Crippen molar-refractivity contribution in [2.24, 2.45) is 0 Å². The molecule has 3 nitrogen and oxygen atoms in total. The highest BCUT2D eigenvalue weighted by Gasteiger charge is 2.33. The maximum Gasteiger partial charge on any atom is 0.0831 e. The molecule has 0 spiro atoms. The van der Waals surface area contributed by atoms with E-state index in [1.807, 2.05) is 13.0 Å². The molecule has 20 heavy (non-hydrogen) atoms. The molecule has 0 fully saturated rings. The van der Waals surface area contributed by atoms with Crippen molar-refractivity contribution < 1.29 is 5.11 Å². The predicted molar refractivity (Wildman–Crippen MR) is 85.2 cm³/mol. The molecular weight excluding hydrogens is 248 g/mol. The van der Waals surface area contributed by atoms with E-state index < -0.39 is 5.60 Å². The number of hydrogen-bond donors (Lipinski definition) is 3. The molecule has 2 unspecified atom stereocenters. The first kappa shape index (κ1) is 15.3. The van der Waals surface area contributed by atoms with Gasteiger partial charge in [0.1, 0.15) is 0 Å². The van der Waals surface area contributed by atoms with E-state index in [4.69, 9.17) is 0 Å². The van der Waals surface area contributed by atoms with Crippen LogP contribution in [0.2, 0.25) is 0 Å². The molecule has 1 aromatic carbocycles. The third-order valence-corrected chi connectivity index (χ3v) is 4.09. The van der Waals surface area contributed by atoms with E-state index in [-0.39, 0.29) is 11.6 Å². The van der Waals surface area contributed by atoms with Crippen molar-refractivity contribution >= 4 is 5.69 Å². The second-order valence-corrected chi connectivity index (χ2v) is 7.18. The number of anilines is 1. The summed E-state index contributed by atoms with van der Waals surface area (Å²) in [6.07, 6.45) is 2.78. The third-order valence-electron chi connectivity index (χ3n) is 4.09. The highest BCUT2D eigenvalue weighted by molar-refractivity contribution is 5.54. The van der Waals surface area contributed by atoms with Crippen molar-refractivity contribution in [1.82, 2.24) is 5.32 Å². The fourth-order valence-corrected chi connectivity index (χ4v) is 2.77. The number of benzene rings is 1. The lowest BCUT2D eigenvalue weighted by Gasteiger charge is -2.38. The van der Waals surface area contributed by atoms with Gasteiger partial charge in [0, 0.05) is 11.2 Å². The number of fused-ring (bicyclic) bond motifs is 1. The summed E-state index contributed by atoms with van der Waals surface area (Å²) in [5.74, 6) is 0. The smallest absolute Gasteiger partial charge is 0.0831 e. The quantitative estimate of drug-likeness (QED) is 0.792. The van der Waals surface area contributed by atoms with Gasteiger partial charge < -0.3 is 15.7 Å². The maximum absolute atomic E-state index is 10.8. The van der Waals surface area contributed by atoms with Gasteiger partial charge in [0.05, 0.1) is 11.6 Å². The van der Waals surface area contributed by atoms with Crippen LogP contribution in [-0.2, 0) is 6.42 Å². The van der Waals surface area contributed by atoms with Gasteiger partial charge in [0.15, 0.2) is 0 Å². The van der Waals surface area contributed by atoms with Crippen molar-refractivity contribution in [2.45, 2.75) is 64.1 Å². The Morgan fingerprint density at radius 2 is 1.95 bits per heavy atom. The number of aryl methyl sites for hydroxylation is 1. The van der Waals surface area contributed by atoms with Gasteiger partial charge in [-0.2, -0.15) is 0 Å². The third kappa shape index (κ3) is 3.97. The SMILES string of the molecule is CC(C)(C)NCCC(C)(O)C1CCc2ccccc2N1. The number of rotatable bonds is 4. The molecule has 1 aliphatic rings. The normalized spacial score (nSPS) is 21.8. The highest BCUT2D eigenvalue weighted by atomic mass is 16.3. The van der Waals surface area contributed by atoms with Crippen LogP contribution in [-0.4, -0.2) is 28.8 Å². The summed E-state index contributed by atoms with van der Waals surface area (Å²) < 4.78 is 0. The molecule has 1 aromatic rings. The molecule has 0 aromatic heterocycles. The number of para-hydroxylation sites is 1. The fourth-order valence-electron chi connectivity index (χ4n) is 2.77. The molecule has 2 rings (SSSR count). The standard InChI is InChI=1S/C17H28N2O/c1-16(2,3)18-12-11-17(4,20)15-10-9-13-7-5-6-8-14(13)19-15/h5-8,15,18-20H,9-12H2,1-4H3. The molecule has 3 heteroatoms. The topological polar surface area (TPSA) is 44.3 Å². The van der Waals surface area contributed by atoms with Crippen LogP contribution in [0, 0.1) is 0 Å². The summed E-state index contributed by atoms with van der Waals surface area (Å²) >= 11 is 0. The monoisotopic (exact) mass is 276 g/mol. The van der Waals surface area contributed by atoms with Crippen LogP contribution in [0.5, 0.6) is 0 Å². The van der Waals surface area contributed by atoms with E-state index in [2.05, 4.69) is 49.6 Å². The second kappa shape index (κ2) is 5.74. The lowest BCUT2D eigenvalue weighted by molar-refractivity contribution is 0.0265. The Morgan fingerprint density at radius 1 is 1.25 bits per heavy atom. The van der Waals surface area contributed by atoms with E-state index in [0.29, 0.717) is 0 Å². The lowest BCUT2D eigenvalue weighted by Crippen LogP contribution is -2.49. The van der Waals surface area contributed by atoms with Crippen molar-refractivity contribution in [1.29, 1.82) is 0 Å². The zero-order valence-electron chi connectivity index (χ0n) is 13.2. The number of aliphatic hydroxyl groups is 1. The summed E-state index contributed by atoms with van der Waals surface area (Å²) in [6, 6.07) is 8.51. The van der Waals surface area contributed by atoms with Gasteiger partial charge in [0.25, 0.3) is 0 Å². The fraction of sp³-hybridized carbons (Fsp3) is 0.647. The van der Waals surface area contributed by atoms with E-state index in [1.165, 1.54) is 11.3 Å². The molecule has 112 valence electrons. The molecule has 0 saturated heterocycles. The summed E-state index contributed by atoms with van der Waals surface area (Å²) in [5.41, 5.74) is 1.94. The minimum absolute atomic E-state index is 0.0999. The first-order valence-electron chi connectivity index (χ1n) is 7.60. The number of nitrogens with one attached hydrogen (secondary N) is 2. The Labute approximate surface area is 122 Å². The summed E-state index contributed by atoms with van der Waals surface area (Å²) in [4.78, 5) is 0. The Hall–Kier alpha value is -1.06. The van der Waals surface area contributed by atoms with Gasteiger partial charge in [-0.15, -0.1) is 0 Å². The molecule has 0 radical (unpaired) electrons. The van der Waals surface area contributed by atoms with Crippen LogP contribution in [0.4, 0.5) is 5.69 Å². The Bertz CT molecular complexity index is 449. The molecule has 1 heterocycles. The minimum Gasteiger partial charge on any atom is -0.388 e. The van der Waals surface area contributed by atoms with Gasteiger partial charge in [-0.3, -0.25) is 0 Å². The molecule has 0 bridgehead atoms. The second-order valence-electron chi connectivity index (χ2n) is 7.18. The first-order chi connectivity index (χ1) is 9.28. The lowest BCUT2D eigenvalue weighted by atomic mass is 9.85. The average molecular weight is 276 g/mol. The van der Waals surface area contributed by atoms with Gasteiger partial charge in [-0.1, -0.05) is 18.2 Å². The van der Waals surface area contributed by atoms with Gasteiger partial charge in [0.2, 0.25) is 0 Å². The van der Waals surface area contributed by atoms with Crippen LogP contribution in [0.3, 0.4) is 0 Å². The van der Waals surface area contributed by atoms with E-state index >= 15 is 0 Å². The van der Waals surface area contributed by atoms with Crippen LogP contribution in [0.15, 0.2) is 24.3 Å². The molecule has 3 N–H and O–H groups in total. The Balaban J connectivity index is 1.94. The zero-order chi connectivity index (χ0) is 14.8. The summed E-state index contributed by atoms with van der Waals surface area (Å²) in [6.45, 7) is 9.23. The summed E-state index contributed by atoms with van der Waals surface area (Å²) in [5, 5.41) is 17.7. The van der Waals surface area contributed by atoms with Crippen molar-refractivity contribution in [2.75, 3.05) is 11.9 Å². The van der Waals surface area contributed by atoms with E-state index in [0.717, 1.165) is 25.8 Å². The zero-order valence-corrected chi connectivity index (χ0v) is 13.2. The Morgan fingerprint density at radius 3 is 2.65 bits per heavy atom. The molecule has 1 aliphatic heterocycles. The van der Waals surface area contributed by atoms with Gasteiger partial charge in [-0.05, 0) is 65.1 Å².